The van der Waals surface area contributed by atoms with Gasteiger partial charge in [0.2, 0.25) is 0 Å². The third kappa shape index (κ3) is 13.4. The highest BCUT2D eigenvalue weighted by atomic mass is 32.2. The summed E-state index contributed by atoms with van der Waals surface area (Å²) in [4.78, 5) is 0. The van der Waals surface area contributed by atoms with Crippen LogP contribution in [0.5, 0.6) is 0 Å². The minimum atomic E-state index is -0.194. The lowest BCUT2D eigenvalue weighted by Crippen LogP contribution is -2.33. The number of thioether (sulfide) groups is 1. The first-order chi connectivity index (χ1) is 9.20. The minimum absolute atomic E-state index is 0.0830. The summed E-state index contributed by atoms with van der Waals surface area (Å²) < 4.78 is 12.3. The lowest BCUT2D eigenvalue weighted by atomic mass is 10.1. The van der Waals surface area contributed by atoms with Crippen LogP contribution in [0.25, 0.3) is 0 Å². The largest absolute Gasteiger partial charge is 0.376 e. The molecule has 0 amide bonds. The lowest BCUT2D eigenvalue weighted by Gasteiger charge is -2.33. The molecule has 1 atom stereocenters. The molecule has 0 radical (unpaired) electrons. The van der Waals surface area contributed by atoms with Gasteiger partial charge < -0.3 is 9.47 Å². The summed E-state index contributed by atoms with van der Waals surface area (Å²) in [6.07, 6.45) is 3.10. The number of rotatable bonds is 7. The molecule has 126 valence electrons. The van der Waals surface area contributed by atoms with Gasteiger partial charge in [0.05, 0.1) is 11.2 Å². The van der Waals surface area contributed by atoms with E-state index in [-0.39, 0.29) is 21.4 Å². The maximum atomic E-state index is 6.35. The molecule has 0 fully saturated rings. The van der Waals surface area contributed by atoms with Gasteiger partial charge in [-0.3, -0.25) is 0 Å². The van der Waals surface area contributed by atoms with Crippen LogP contribution in [0.1, 0.15) is 75.7 Å². The second kappa shape index (κ2) is 8.03. The van der Waals surface area contributed by atoms with Gasteiger partial charge in [-0.05, 0) is 61.0 Å². The molecule has 0 aromatic rings. The maximum absolute atomic E-state index is 6.35. The molecule has 3 heteroatoms. The van der Waals surface area contributed by atoms with Crippen molar-refractivity contribution in [2.45, 2.75) is 97.0 Å². The van der Waals surface area contributed by atoms with Gasteiger partial charge in [-0.15, -0.1) is 11.8 Å². The Morgan fingerprint density at radius 2 is 1.52 bits per heavy atom. The van der Waals surface area contributed by atoms with Gasteiger partial charge in [0.15, 0.2) is 0 Å². The van der Waals surface area contributed by atoms with Gasteiger partial charge in [-0.25, -0.2) is 0 Å². The first-order valence-corrected chi connectivity index (χ1v) is 8.73. The Hall–Kier alpha value is 0.0100. The highest BCUT2D eigenvalue weighted by molar-refractivity contribution is 8.01. The van der Waals surface area contributed by atoms with Crippen LogP contribution in [0.4, 0.5) is 0 Å². The molecule has 0 N–H and O–H groups in total. The van der Waals surface area contributed by atoms with Gasteiger partial charge >= 0.3 is 0 Å². The Morgan fingerprint density at radius 3 is 1.90 bits per heavy atom. The number of hydrogen-bond donors (Lipinski definition) is 0. The van der Waals surface area contributed by atoms with Crippen LogP contribution in [0.15, 0.2) is 11.6 Å². The van der Waals surface area contributed by atoms with E-state index in [9.17, 15) is 0 Å². The van der Waals surface area contributed by atoms with Crippen molar-refractivity contribution >= 4 is 11.8 Å². The van der Waals surface area contributed by atoms with E-state index in [1.807, 2.05) is 11.8 Å². The number of hydrogen-bond acceptors (Lipinski definition) is 3. The van der Waals surface area contributed by atoms with Gasteiger partial charge in [0.25, 0.3) is 0 Å². The fraction of sp³-hybridized carbons (Fsp3) is 0.889. The van der Waals surface area contributed by atoms with Crippen LogP contribution >= 0.6 is 11.8 Å². The zero-order chi connectivity index (χ0) is 16.9. The average Bonchev–Trinajstić information content (AvgIpc) is 2.08. The smallest absolute Gasteiger partial charge is 0.122 e. The van der Waals surface area contributed by atoms with Crippen molar-refractivity contribution in [2.24, 2.45) is 0 Å². The van der Waals surface area contributed by atoms with Gasteiger partial charge in [-0.2, -0.15) is 0 Å². The lowest BCUT2D eigenvalue weighted by molar-refractivity contribution is -0.0661. The minimum Gasteiger partial charge on any atom is -0.376 e. The molecular weight excluding hydrogens is 280 g/mol. The van der Waals surface area contributed by atoms with E-state index in [4.69, 9.17) is 9.47 Å². The number of allylic oxidation sites excluding steroid dienone is 1. The molecule has 0 aromatic carbocycles. The third-order valence-electron chi connectivity index (χ3n) is 2.61. The fourth-order valence-electron chi connectivity index (χ4n) is 1.69. The zero-order valence-electron chi connectivity index (χ0n) is 15.8. The molecule has 2 nitrogen and oxygen atoms in total. The summed E-state index contributed by atoms with van der Waals surface area (Å²) in [5, 5.41) is 0. The zero-order valence-corrected chi connectivity index (χ0v) is 16.6. The fourth-order valence-corrected chi connectivity index (χ4v) is 3.03. The van der Waals surface area contributed by atoms with Crippen molar-refractivity contribution in [1.29, 1.82) is 0 Å². The molecule has 0 saturated heterocycles. The molecular formula is C18H36O2S. The van der Waals surface area contributed by atoms with E-state index in [1.54, 1.807) is 0 Å². The predicted molar refractivity (Wildman–Crippen MR) is 96.0 cm³/mol. The summed E-state index contributed by atoms with van der Waals surface area (Å²) >= 11 is 1.86. The molecule has 0 saturated carbocycles. The monoisotopic (exact) mass is 316 g/mol. The Kier molecular flexibility index (Phi) is 8.03. The van der Waals surface area contributed by atoms with Crippen LogP contribution < -0.4 is 0 Å². The molecule has 0 bridgehead atoms. The van der Waals surface area contributed by atoms with Gasteiger partial charge in [-0.1, -0.05) is 26.3 Å². The van der Waals surface area contributed by atoms with E-state index in [1.165, 1.54) is 5.57 Å². The van der Waals surface area contributed by atoms with E-state index >= 15 is 0 Å². The van der Waals surface area contributed by atoms with Crippen molar-refractivity contribution in [3.8, 4) is 0 Å². The first kappa shape index (κ1) is 21.0. The second-order valence-electron chi connectivity index (χ2n) is 8.43. The first-order valence-electron chi connectivity index (χ1n) is 7.85. The van der Waals surface area contributed by atoms with E-state index in [2.05, 4.69) is 75.3 Å². The Balaban J connectivity index is 4.62. The second-order valence-corrected chi connectivity index (χ2v) is 10.4. The average molecular weight is 317 g/mol. The number of ether oxygens (including phenoxy) is 2. The van der Waals surface area contributed by atoms with Crippen molar-refractivity contribution < 1.29 is 9.47 Å². The van der Waals surface area contributed by atoms with Gasteiger partial charge in [0.1, 0.15) is 5.44 Å². The molecule has 0 heterocycles. The Bertz CT molecular complexity index is 328. The Labute approximate surface area is 137 Å². The molecule has 0 aliphatic carbocycles. The van der Waals surface area contributed by atoms with E-state index in [0.717, 1.165) is 13.0 Å². The molecule has 1 unspecified atom stereocenters. The van der Waals surface area contributed by atoms with Crippen molar-refractivity contribution in [2.75, 3.05) is 6.61 Å². The molecule has 0 aliphatic heterocycles. The molecule has 21 heavy (non-hydrogen) atoms. The summed E-state index contributed by atoms with van der Waals surface area (Å²) in [5.74, 6) is 0. The molecule has 0 spiro atoms. The van der Waals surface area contributed by atoms with Crippen molar-refractivity contribution in [3.63, 3.8) is 0 Å². The SMILES string of the molecule is CC(C)=CC(OC(C)(C)CCOC(C)(C)C)SC(C)(C)C. The highest BCUT2D eigenvalue weighted by Gasteiger charge is 2.27. The van der Waals surface area contributed by atoms with Crippen LogP contribution in [0, 0.1) is 0 Å². The standard InChI is InChI=1S/C18H36O2S/c1-14(2)13-15(21-17(6,7)8)20-18(9,10)11-12-19-16(3,4)5/h13,15H,11-12H2,1-10H3. The third-order valence-corrected chi connectivity index (χ3v) is 3.79. The summed E-state index contributed by atoms with van der Waals surface area (Å²) in [6.45, 7) is 22.2. The van der Waals surface area contributed by atoms with Crippen LogP contribution in [-0.4, -0.2) is 28.0 Å². The highest BCUT2D eigenvalue weighted by Crippen LogP contribution is 2.33. The van der Waals surface area contributed by atoms with Crippen LogP contribution in [0.2, 0.25) is 0 Å². The van der Waals surface area contributed by atoms with Crippen LogP contribution in [-0.2, 0) is 9.47 Å². The van der Waals surface area contributed by atoms with Crippen molar-refractivity contribution in [1.82, 2.24) is 0 Å². The van der Waals surface area contributed by atoms with E-state index < -0.39 is 0 Å². The van der Waals surface area contributed by atoms with Crippen molar-refractivity contribution in [3.05, 3.63) is 11.6 Å². The molecule has 0 aliphatic rings. The quantitative estimate of drug-likeness (QED) is 0.436. The Morgan fingerprint density at radius 1 is 1.00 bits per heavy atom. The molecule has 0 rings (SSSR count). The topological polar surface area (TPSA) is 18.5 Å². The predicted octanol–water partition coefficient (Wildman–Crippen LogP) is 5.81. The normalized spacial score (nSPS) is 15.0. The maximum Gasteiger partial charge on any atom is 0.122 e. The summed E-state index contributed by atoms with van der Waals surface area (Å²) in [5.41, 5.74) is 1.09. The molecule has 0 aromatic heterocycles. The van der Waals surface area contributed by atoms with Crippen LogP contribution in [0.3, 0.4) is 0 Å². The summed E-state index contributed by atoms with van der Waals surface area (Å²) in [7, 11) is 0. The van der Waals surface area contributed by atoms with Gasteiger partial charge in [0, 0.05) is 11.4 Å². The summed E-state index contributed by atoms with van der Waals surface area (Å²) in [6, 6.07) is 0. The van der Waals surface area contributed by atoms with E-state index in [0.29, 0.717) is 0 Å².